The Balaban J connectivity index is 2.30. The van der Waals surface area contributed by atoms with E-state index in [-0.39, 0.29) is 23.2 Å². The van der Waals surface area contributed by atoms with Gasteiger partial charge in [0.05, 0.1) is 17.1 Å². The number of amidine groups is 1. The highest BCUT2D eigenvalue weighted by Gasteiger charge is 2.15. The maximum Gasteiger partial charge on any atom is 0.257 e. The van der Waals surface area contributed by atoms with Crippen LogP contribution < -0.4 is 14.8 Å². The summed E-state index contributed by atoms with van der Waals surface area (Å²) in [7, 11) is -1.81. The van der Waals surface area contributed by atoms with Crippen molar-refractivity contribution in [2.24, 2.45) is 4.99 Å². The molecule has 0 spiro atoms. The van der Waals surface area contributed by atoms with E-state index in [9.17, 15) is 18.3 Å². The number of nitrogens with zero attached hydrogens (tertiary/aromatic N) is 1. The number of hydrogen-bond acceptors (Lipinski definition) is 9. The van der Waals surface area contributed by atoms with Gasteiger partial charge in [0, 0.05) is 38.0 Å². The normalized spacial score (nSPS) is 13.9. The Morgan fingerprint density at radius 2 is 1.80 bits per heavy atom. The van der Waals surface area contributed by atoms with Gasteiger partial charge in [-0.15, -0.1) is 0 Å². The van der Waals surface area contributed by atoms with Crippen LogP contribution in [0, 0.1) is 0 Å². The molecule has 1 amide bonds. The predicted molar refractivity (Wildman–Crippen MR) is 137 cm³/mol. The molecule has 0 aliphatic rings. The molecule has 0 aromatic heterocycles. The number of nitrogens with one attached hydrogen (secondary N) is 1. The second-order valence-electron chi connectivity index (χ2n) is 7.65. The maximum atomic E-state index is 12.9. The van der Waals surface area contributed by atoms with Crippen molar-refractivity contribution in [2.75, 3.05) is 19.9 Å². The number of thioether (sulfide) groups is 1. The molecule has 9 nitrogen and oxygen atoms in total. The summed E-state index contributed by atoms with van der Waals surface area (Å²) in [5, 5.41) is 23.2. The average Bonchev–Trinajstić information content (AvgIpc) is 2.77. The lowest BCUT2D eigenvalue weighted by molar-refractivity contribution is 0.0976. The fourth-order valence-electron chi connectivity index (χ4n) is 2.72. The molecule has 2 unspecified atom stereocenters. The van der Waals surface area contributed by atoms with Gasteiger partial charge in [0.15, 0.2) is 15.0 Å². The zero-order valence-corrected chi connectivity index (χ0v) is 21.6. The molecular formula is C24H30N2O7S2. The highest BCUT2D eigenvalue weighted by molar-refractivity contribution is 8.16. The molecule has 0 bridgehead atoms. The van der Waals surface area contributed by atoms with Crippen molar-refractivity contribution in [3.8, 4) is 17.2 Å². The van der Waals surface area contributed by atoms with Crippen molar-refractivity contribution in [1.29, 1.82) is 0 Å². The van der Waals surface area contributed by atoms with Crippen molar-refractivity contribution < 1.29 is 32.9 Å². The van der Waals surface area contributed by atoms with E-state index >= 15 is 0 Å². The number of hydrogen-bond donors (Lipinski definition) is 3. The van der Waals surface area contributed by atoms with Gasteiger partial charge >= 0.3 is 0 Å². The minimum absolute atomic E-state index is 0.0507. The van der Waals surface area contributed by atoms with E-state index in [1.807, 2.05) is 0 Å². The van der Waals surface area contributed by atoms with E-state index in [0.29, 0.717) is 28.8 Å². The number of amides is 1. The zero-order chi connectivity index (χ0) is 26.0. The standard InChI is InChI=1S/C24H30N2O7S2/c1-16(28)10-12-34-24(25-3)26-23(29)18-13-20(32-17(2)9-11-27)15-21(14-18)33-19-5-7-22(8-6-19)35(4,30)31/h5-8,10,12-17,27-28H,9,11H2,1-4H3,(H,25,26,29)/b12-10+. The van der Waals surface area contributed by atoms with Gasteiger partial charge in [-0.05, 0) is 61.7 Å². The SMILES string of the molecule is CN=C(NC(=O)c1cc(Oc2ccc(S(C)(=O)=O)cc2)cc(OC(C)CCO)c1)S/C=C/C(C)O. The van der Waals surface area contributed by atoms with Crippen LogP contribution >= 0.6 is 11.8 Å². The molecular weight excluding hydrogens is 492 g/mol. The molecule has 0 radical (unpaired) electrons. The van der Waals surface area contributed by atoms with Crippen LogP contribution in [-0.2, 0) is 9.84 Å². The summed E-state index contributed by atoms with van der Waals surface area (Å²) >= 11 is 1.14. The average molecular weight is 523 g/mol. The molecule has 0 heterocycles. The number of sulfone groups is 1. The van der Waals surface area contributed by atoms with Crippen LogP contribution in [0.5, 0.6) is 17.2 Å². The van der Waals surface area contributed by atoms with Gasteiger partial charge in [-0.25, -0.2) is 8.42 Å². The van der Waals surface area contributed by atoms with E-state index in [1.165, 1.54) is 37.4 Å². The Bertz CT molecular complexity index is 1160. The van der Waals surface area contributed by atoms with Gasteiger partial charge in [-0.1, -0.05) is 11.8 Å². The number of benzene rings is 2. The summed E-state index contributed by atoms with van der Waals surface area (Å²) in [6.07, 6.45) is 2.14. The van der Waals surface area contributed by atoms with Crippen molar-refractivity contribution in [3.63, 3.8) is 0 Å². The third-order valence-electron chi connectivity index (χ3n) is 4.46. The van der Waals surface area contributed by atoms with Crippen LogP contribution in [0.15, 0.2) is 63.8 Å². The molecule has 2 aromatic carbocycles. The summed E-state index contributed by atoms with van der Waals surface area (Å²) in [6.45, 7) is 3.35. The molecule has 35 heavy (non-hydrogen) atoms. The van der Waals surface area contributed by atoms with Gasteiger partial charge in [0.25, 0.3) is 5.91 Å². The van der Waals surface area contributed by atoms with Crippen molar-refractivity contribution in [2.45, 2.75) is 37.4 Å². The summed E-state index contributed by atoms with van der Waals surface area (Å²) < 4.78 is 35.1. The monoisotopic (exact) mass is 522 g/mol. The highest BCUT2D eigenvalue weighted by atomic mass is 32.2. The zero-order valence-electron chi connectivity index (χ0n) is 20.0. The summed E-state index contributed by atoms with van der Waals surface area (Å²) in [6, 6.07) is 10.6. The Kier molecular flexibility index (Phi) is 10.8. The molecule has 190 valence electrons. The second kappa shape index (κ2) is 13.3. The molecule has 11 heteroatoms. The molecule has 2 aromatic rings. The quantitative estimate of drug-likeness (QED) is 0.319. The Labute approximate surface area is 209 Å². The Hall–Kier alpha value is -2.86. The number of rotatable bonds is 10. The molecule has 0 aliphatic carbocycles. The lowest BCUT2D eigenvalue weighted by atomic mass is 10.2. The van der Waals surface area contributed by atoms with Crippen LogP contribution in [0.4, 0.5) is 0 Å². The van der Waals surface area contributed by atoms with Gasteiger partial charge in [-0.3, -0.25) is 9.79 Å². The number of carbonyl (C=O) groups is 1. The van der Waals surface area contributed by atoms with Crippen molar-refractivity contribution in [3.05, 3.63) is 59.5 Å². The fourth-order valence-corrected chi connectivity index (χ4v) is 4.04. The van der Waals surface area contributed by atoms with Gasteiger partial charge in [-0.2, -0.15) is 0 Å². The molecule has 2 atom stereocenters. The summed E-state index contributed by atoms with van der Waals surface area (Å²) in [5.74, 6) is 0.575. The maximum absolute atomic E-state index is 12.9. The van der Waals surface area contributed by atoms with Crippen LogP contribution in [-0.4, -0.2) is 61.8 Å². The first-order valence-electron chi connectivity index (χ1n) is 10.7. The number of aliphatic imine (C=N–C) groups is 1. The Morgan fingerprint density at radius 3 is 2.37 bits per heavy atom. The number of carbonyl (C=O) groups excluding carboxylic acids is 1. The lowest BCUT2D eigenvalue weighted by Gasteiger charge is -2.16. The van der Waals surface area contributed by atoms with Crippen molar-refractivity contribution >= 4 is 32.7 Å². The number of aliphatic hydroxyl groups is 2. The first-order valence-corrected chi connectivity index (χ1v) is 13.5. The van der Waals surface area contributed by atoms with Gasteiger partial charge in [0.1, 0.15) is 17.2 Å². The first-order chi connectivity index (χ1) is 16.5. The number of aliphatic hydroxyl groups excluding tert-OH is 2. The van der Waals surface area contributed by atoms with Gasteiger partial charge < -0.3 is 25.0 Å². The molecule has 0 aliphatic heterocycles. The second-order valence-corrected chi connectivity index (χ2v) is 10.6. The largest absolute Gasteiger partial charge is 0.490 e. The van der Waals surface area contributed by atoms with E-state index < -0.39 is 21.8 Å². The topological polar surface area (TPSA) is 135 Å². The van der Waals surface area contributed by atoms with E-state index in [1.54, 1.807) is 37.5 Å². The third-order valence-corrected chi connectivity index (χ3v) is 6.39. The fraction of sp³-hybridized carbons (Fsp3) is 0.333. The van der Waals surface area contributed by atoms with Crippen LogP contribution in [0.1, 0.15) is 30.6 Å². The Morgan fingerprint density at radius 1 is 1.14 bits per heavy atom. The van der Waals surface area contributed by atoms with Crippen LogP contribution in [0.3, 0.4) is 0 Å². The summed E-state index contributed by atoms with van der Waals surface area (Å²) in [5.41, 5.74) is 0.239. The molecule has 0 fully saturated rings. The number of ether oxygens (including phenoxy) is 2. The molecule has 0 saturated carbocycles. The van der Waals surface area contributed by atoms with Crippen molar-refractivity contribution in [1.82, 2.24) is 5.32 Å². The first kappa shape index (κ1) is 28.4. The van der Waals surface area contributed by atoms with Crippen LogP contribution in [0.2, 0.25) is 0 Å². The van der Waals surface area contributed by atoms with E-state index in [4.69, 9.17) is 14.6 Å². The predicted octanol–water partition coefficient (Wildman–Crippen LogP) is 3.38. The molecule has 2 rings (SSSR count). The minimum Gasteiger partial charge on any atom is -0.490 e. The molecule has 0 saturated heterocycles. The third kappa shape index (κ3) is 9.73. The summed E-state index contributed by atoms with van der Waals surface area (Å²) in [4.78, 5) is 17.1. The van der Waals surface area contributed by atoms with Gasteiger partial charge in [0.2, 0.25) is 0 Å². The lowest BCUT2D eigenvalue weighted by Crippen LogP contribution is -2.28. The van der Waals surface area contributed by atoms with Crippen LogP contribution in [0.25, 0.3) is 0 Å². The van der Waals surface area contributed by atoms with E-state index in [0.717, 1.165) is 18.0 Å². The highest BCUT2D eigenvalue weighted by Crippen LogP contribution is 2.29. The molecule has 3 N–H and O–H groups in total. The minimum atomic E-state index is -3.34. The smallest absolute Gasteiger partial charge is 0.257 e. The van der Waals surface area contributed by atoms with E-state index in [2.05, 4.69) is 10.3 Å².